The van der Waals surface area contributed by atoms with Crippen LogP contribution in [0.4, 0.5) is 44.3 Å². The van der Waals surface area contributed by atoms with Gasteiger partial charge in [-0.25, -0.2) is 26.4 Å². The number of alkyl halides is 6. The van der Waals surface area contributed by atoms with Crippen LogP contribution in [0.5, 0.6) is 0 Å². The molecule has 0 bridgehead atoms. The average Bonchev–Trinajstić information content (AvgIpc) is 3.53. The van der Waals surface area contributed by atoms with Crippen LogP contribution in [-0.4, -0.2) is 73.9 Å². The molecule has 1 N–H and O–H groups in total. The van der Waals surface area contributed by atoms with Crippen LogP contribution in [0.25, 0.3) is 0 Å². The third kappa shape index (κ3) is 7.06. The van der Waals surface area contributed by atoms with Crippen molar-refractivity contribution < 1.29 is 67.4 Å². The molecule has 1 unspecified atom stereocenters. The summed E-state index contributed by atoms with van der Waals surface area (Å²) in [7, 11) is -4.65. The van der Waals surface area contributed by atoms with E-state index in [1.54, 1.807) is 0 Å². The van der Waals surface area contributed by atoms with Crippen LogP contribution in [0.1, 0.15) is 42.4 Å². The number of aliphatic carboxylic acids is 1. The van der Waals surface area contributed by atoms with Crippen molar-refractivity contribution in [1.82, 2.24) is 9.80 Å². The van der Waals surface area contributed by atoms with Crippen LogP contribution in [0, 0.1) is 23.4 Å². The van der Waals surface area contributed by atoms with Crippen molar-refractivity contribution in [2.24, 2.45) is 5.92 Å². The number of likely N-dealkylation sites (tertiary alicyclic amines) is 2. The average molecular weight is 767 g/mol. The zero-order chi connectivity index (χ0) is 38.3. The lowest BCUT2D eigenvalue weighted by Crippen LogP contribution is -2.56. The van der Waals surface area contributed by atoms with Gasteiger partial charge >= 0.3 is 24.4 Å². The van der Waals surface area contributed by atoms with Crippen molar-refractivity contribution in [3.63, 3.8) is 0 Å². The van der Waals surface area contributed by atoms with E-state index in [4.69, 9.17) is 5.11 Å². The number of carboxylic acid groups (broad SMARTS) is 1. The van der Waals surface area contributed by atoms with Gasteiger partial charge in [-0.05, 0) is 67.1 Å². The lowest BCUT2D eigenvalue weighted by molar-refractivity contribution is -0.392. The summed E-state index contributed by atoms with van der Waals surface area (Å²) in [6.07, 6.45) is -12.2. The van der Waals surface area contributed by atoms with E-state index in [1.165, 1.54) is 9.80 Å². The third-order valence-corrected chi connectivity index (χ3v) is 12.1. The number of carbonyl (C=O) groups excluding carboxylic acids is 1. The molecule has 2 fully saturated rings. The summed E-state index contributed by atoms with van der Waals surface area (Å²) in [5, 5.41) is 9.09. The van der Waals surface area contributed by atoms with Gasteiger partial charge in [-0.3, -0.25) is 4.79 Å². The first kappa shape index (κ1) is 38.9. The second kappa shape index (κ2) is 14.2. The molecule has 3 aromatic carbocycles. The summed E-state index contributed by atoms with van der Waals surface area (Å²) in [6.45, 7) is -2.26. The van der Waals surface area contributed by atoms with Crippen LogP contribution in [0.15, 0.2) is 71.6 Å². The number of urea groups is 1. The van der Waals surface area contributed by atoms with E-state index in [1.807, 2.05) is 0 Å². The Morgan fingerprint density at radius 1 is 0.808 bits per heavy atom. The Morgan fingerprint density at radius 3 is 1.88 bits per heavy atom. The van der Waals surface area contributed by atoms with Crippen molar-refractivity contribution >= 4 is 21.8 Å². The fourth-order valence-electron chi connectivity index (χ4n) is 6.76. The van der Waals surface area contributed by atoms with E-state index in [-0.39, 0.29) is 44.0 Å². The Morgan fingerprint density at radius 2 is 1.37 bits per heavy atom. The molecule has 0 aliphatic carbocycles. The number of carbonyl (C=O) groups is 2. The van der Waals surface area contributed by atoms with E-state index in [0.29, 0.717) is 37.1 Å². The van der Waals surface area contributed by atoms with Gasteiger partial charge in [0.15, 0.2) is 9.84 Å². The molecule has 18 heteroatoms. The quantitative estimate of drug-likeness (QED) is 0.181. The fourth-order valence-corrected chi connectivity index (χ4v) is 8.84. The van der Waals surface area contributed by atoms with Crippen LogP contribution in [0.2, 0.25) is 0 Å². The maximum Gasteiger partial charge on any atom is 0.430 e. The van der Waals surface area contributed by atoms with Gasteiger partial charge < -0.3 is 19.6 Å². The summed E-state index contributed by atoms with van der Waals surface area (Å²) in [4.78, 5) is 26.8. The Bertz CT molecular complexity index is 1860. The highest BCUT2D eigenvalue weighted by molar-refractivity contribution is 7.92. The summed E-state index contributed by atoms with van der Waals surface area (Å²) >= 11 is 0. The summed E-state index contributed by atoms with van der Waals surface area (Å²) in [5.74, 6) is -4.89. The van der Waals surface area contributed by atoms with Gasteiger partial charge in [-0.1, -0.05) is 30.3 Å². The monoisotopic (exact) mass is 766 g/mol. The SMILES string of the molecule is O=C(O)CC1CCN(C(=O)N2CCC(c3ccc(C(OCc4c(F)cccc4F)(C(F)(F)F)C(F)(F)F)cc3)(S(=O)(=O)c3ccc(F)cc3)C2)CC1. The minimum Gasteiger partial charge on any atom is -0.481 e. The van der Waals surface area contributed by atoms with Gasteiger partial charge in [0, 0.05) is 43.7 Å². The summed E-state index contributed by atoms with van der Waals surface area (Å²) in [5.41, 5.74) is -8.18. The maximum atomic E-state index is 14.5. The van der Waals surface area contributed by atoms with Crippen molar-refractivity contribution in [2.45, 2.75) is 59.9 Å². The largest absolute Gasteiger partial charge is 0.481 e. The maximum absolute atomic E-state index is 14.5. The number of carboxylic acids is 1. The molecule has 1 atom stereocenters. The minimum atomic E-state index is -6.25. The molecule has 0 aromatic heterocycles. The molecule has 0 spiro atoms. The molecule has 282 valence electrons. The van der Waals surface area contributed by atoms with Gasteiger partial charge in [0.2, 0.25) is 0 Å². The number of hydrogen-bond donors (Lipinski definition) is 1. The number of amides is 2. The number of benzene rings is 3. The smallest absolute Gasteiger partial charge is 0.430 e. The van der Waals surface area contributed by atoms with Gasteiger partial charge in [0.1, 0.15) is 22.2 Å². The number of piperidine rings is 1. The Hall–Kier alpha value is -4.32. The predicted octanol–water partition coefficient (Wildman–Crippen LogP) is 7.32. The molecule has 8 nitrogen and oxygen atoms in total. The first-order valence-electron chi connectivity index (χ1n) is 15.8. The van der Waals surface area contributed by atoms with Crippen LogP contribution in [-0.2, 0) is 36.3 Å². The van der Waals surface area contributed by atoms with Crippen LogP contribution < -0.4 is 0 Å². The molecular weight excluding hydrogens is 735 g/mol. The second-order valence-corrected chi connectivity index (χ2v) is 14.9. The minimum absolute atomic E-state index is 0.101. The Labute approximate surface area is 291 Å². The highest BCUT2D eigenvalue weighted by Gasteiger charge is 2.73. The Kier molecular flexibility index (Phi) is 10.7. The molecule has 2 aliphatic heterocycles. The van der Waals surface area contributed by atoms with Crippen LogP contribution >= 0.6 is 0 Å². The number of rotatable bonds is 9. The number of nitrogens with zero attached hydrogens (tertiary/aromatic N) is 2. The molecule has 0 saturated carbocycles. The highest BCUT2D eigenvalue weighted by atomic mass is 32.2. The van der Waals surface area contributed by atoms with E-state index < -0.39 is 91.2 Å². The molecule has 52 heavy (non-hydrogen) atoms. The zero-order valence-electron chi connectivity index (χ0n) is 27.0. The summed E-state index contributed by atoms with van der Waals surface area (Å²) < 4.78 is 160. The van der Waals surface area contributed by atoms with E-state index in [9.17, 15) is 57.5 Å². The first-order valence-corrected chi connectivity index (χ1v) is 17.3. The number of halogens is 9. The number of ether oxygens (including phenoxy) is 1. The van der Waals surface area contributed by atoms with Crippen LogP contribution in [0.3, 0.4) is 0 Å². The molecule has 2 saturated heterocycles. The molecule has 2 amide bonds. The fraction of sp³-hybridized carbons (Fsp3) is 0.412. The van der Waals surface area contributed by atoms with Crippen molar-refractivity contribution in [1.29, 1.82) is 0 Å². The predicted molar refractivity (Wildman–Crippen MR) is 165 cm³/mol. The first-order chi connectivity index (χ1) is 24.2. The van der Waals surface area contributed by atoms with E-state index >= 15 is 0 Å². The number of hydrogen-bond acceptors (Lipinski definition) is 5. The van der Waals surface area contributed by atoms with E-state index in [2.05, 4.69) is 4.74 Å². The van der Waals surface area contributed by atoms with Gasteiger partial charge in [-0.2, -0.15) is 26.3 Å². The lowest BCUT2D eigenvalue weighted by atomic mass is 9.88. The van der Waals surface area contributed by atoms with Crippen molar-refractivity contribution in [3.8, 4) is 0 Å². The van der Waals surface area contributed by atoms with Gasteiger partial charge in [0.05, 0.1) is 11.5 Å². The number of sulfone groups is 1. The van der Waals surface area contributed by atoms with Gasteiger partial charge in [0.25, 0.3) is 5.60 Å². The van der Waals surface area contributed by atoms with E-state index in [0.717, 1.165) is 42.5 Å². The zero-order valence-corrected chi connectivity index (χ0v) is 27.8. The molecule has 2 heterocycles. The molecule has 2 aliphatic rings. The second-order valence-electron chi connectivity index (χ2n) is 12.7. The van der Waals surface area contributed by atoms with Crippen molar-refractivity contribution in [2.75, 3.05) is 26.2 Å². The topological polar surface area (TPSA) is 104 Å². The highest BCUT2D eigenvalue weighted by Crippen LogP contribution is 2.54. The molecular formula is C34H31F9N2O6S. The van der Waals surface area contributed by atoms with Gasteiger partial charge in [-0.15, -0.1) is 0 Å². The normalized spacial score (nSPS) is 19.2. The van der Waals surface area contributed by atoms with Crippen molar-refractivity contribution in [3.05, 3.63) is 101 Å². The lowest BCUT2D eigenvalue weighted by Gasteiger charge is -2.38. The molecule has 3 aromatic rings. The Balaban J connectivity index is 1.54. The molecule has 5 rings (SSSR count). The summed E-state index contributed by atoms with van der Waals surface area (Å²) in [6, 6.07) is 7.21. The molecule has 0 radical (unpaired) electrons. The standard InChI is InChI=1S/C34H31F9N2O6S/c35-24-8-10-25(11-9-24)52(49,50)31(14-17-45(20-31)30(48)44-15-12-21(13-16-44)18-29(46)47)22-4-6-23(7-5-22)32(33(38,39)40,34(41,42)43)51-19-26-27(36)2-1-3-28(26)37/h1-11,21H,12-20H2,(H,46,47). The third-order valence-electron chi connectivity index (χ3n) is 9.60.